The summed E-state index contributed by atoms with van der Waals surface area (Å²) >= 11 is 1.07. The molecule has 0 bridgehead atoms. The number of carbonyl (C=O) groups is 1. The molecule has 1 amide bonds. The van der Waals surface area contributed by atoms with Crippen LogP contribution in [0.15, 0.2) is 52.5 Å². The van der Waals surface area contributed by atoms with E-state index in [2.05, 4.69) is 15.5 Å². The maximum absolute atomic E-state index is 13.1. The van der Waals surface area contributed by atoms with Crippen molar-refractivity contribution in [3.63, 3.8) is 0 Å². The first kappa shape index (κ1) is 22.7. The van der Waals surface area contributed by atoms with Gasteiger partial charge in [-0.3, -0.25) is 4.79 Å². The first-order valence-corrected chi connectivity index (χ1v) is 11.4. The highest BCUT2D eigenvalue weighted by molar-refractivity contribution is 7.99. The molecule has 0 saturated heterocycles. The average molecular weight is 465 g/mol. The van der Waals surface area contributed by atoms with Crippen LogP contribution < -0.4 is 11.2 Å². The van der Waals surface area contributed by atoms with Gasteiger partial charge in [-0.2, -0.15) is 0 Å². The maximum Gasteiger partial charge on any atom is 0.242 e. The van der Waals surface area contributed by atoms with Gasteiger partial charge in [0.1, 0.15) is 5.82 Å². The Morgan fingerprint density at radius 2 is 1.87 bits per heavy atom. The summed E-state index contributed by atoms with van der Waals surface area (Å²) in [4.78, 5) is 12.5. The summed E-state index contributed by atoms with van der Waals surface area (Å²) in [7, 11) is -0.748. The first-order valence-electron chi connectivity index (χ1n) is 9.02. The van der Waals surface area contributed by atoms with E-state index in [1.165, 1.54) is 55.2 Å². The predicted molar refractivity (Wildman–Crippen MR) is 117 cm³/mol. The third-order valence-electron chi connectivity index (χ3n) is 4.36. The molecule has 0 spiro atoms. The predicted octanol–water partition coefficient (Wildman–Crippen LogP) is 2.09. The van der Waals surface area contributed by atoms with Gasteiger partial charge in [-0.15, -0.1) is 10.2 Å². The number of nitrogens with zero attached hydrogens (tertiary/aromatic N) is 4. The molecule has 0 atom stereocenters. The normalized spacial score (nSPS) is 11.6. The average Bonchev–Trinajstić information content (AvgIpc) is 3.09. The van der Waals surface area contributed by atoms with Gasteiger partial charge >= 0.3 is 0 Å². The van der Waals surface area contributed by atoms with Crippen molar-refractivity contribution in [3.8, 4) is 11.4 Å². The van der Waals surface area contributed by atoms with Gasteiger partial charge in [-0.05, 0) is 48.9 Å². The van der Waals surface area contributed by atoms with E-state index in [0.29, 0.717) is 22.2 Å². The summed E-state index contributed by atoms with van der Waals surface area (Å²) in [5.41, 5.74) is 1.70. The number of nitrogens with two attached hydrogens (primary N) is 1. The van der Waals surface area contributed by atoms with E-state index in [9.17, 15) is 17.6 Å². The quantitative estimate of drug-likeness (QED) is 0.405. The van der Waals surface area contributed by atoms with Crippen molar-refractivity contribution in [2.24, 2.45) is 0 Å². The van der Waals surface area contributed by atoms with Crippen LogP contribution in [0.2, 0.25) is 0 Å². The summed E-state index contributed by atoms with van der Waals surface area (Å²) in [6.45, 7) is 1.76. The van der Waals surface area contributed by atoms with Gasteiger partial charge in [0.2, 0.25) is 21.1 Å². The van der Waals surface area contributed by atoms with Gasteiger partial charge in [-0.25, -0.2) is 21.8 Å². The Kier molecular flexibility index (Phi) is 6.62. The van der Waals surface area contributed by atoms with Crippen molar-refractivity contribution < 1.29 is 17.6 Å². The second-order valence-corrected chi connectivity index (χ2v) is 9.88. The van der Waals surface area contributed by atoms with Crippen molar-refractivity contribution in [3.05, 3.63) is 53.8 Å². The summed E-state index contributed by atoms with van der Waals surface area (Å²) < 4.78 is 40.1. The van der Waals surface area contributed by atoms with Gasteiger partial charge in [-0.1, -0.05) is 17.8 Å². The van der Waals surface area contributed by atoms with E-state index < -0.39 is 10.0 Å². The van der Waals surface area contributed by atoms with Crippen LogP contribution in [0.3, 0.4) is 0 Å². The fourth-order valence-electron chi connectivity index (χ4n) is 2.59. The van der Waals surface area contributed by atoms with E-state index in [0.717, 1.165) is 21.6 Å². The van der Waals surface area contributed by atoms with Gasteiger partial charge in [0.05, 0.1) is 10.6 Å². The van der Waals surface area contributed by atoms with Crippen LogP contribution in [0, 0.1) is 12.7 Å². The van der Waals surface area contributed by atoms with Crippen LogP contribution >= 0.6 is 11.8 Å². The lowest BCUT2D eigenvalue weighted by Gasteiger charge is -2.14. The van der Waals surface area contributed by atoms with Gasteiger partial charge in [0, 0.05) is 25.3 Å². The highest BCUT2D eigenvalue weighted by atomic mass is 32.2. The highest BCUT2D eigenvalue weighted by Gasteiger charge is 2.19. The number of aryl methyl sites for hydroxylation is 1. The number of anilines is 1. The number of benzene rings is 2. The summed E-state index contributed by atoms with van der Waals surface area (Å²) in [5, 5.41) is 11.0. The number of hydrogen-bond acceptors (Lipinski definition) is 7. The van der Waals surface area contributed by atoms with Gasteiger partial charge in [0.25, 0.3) is 0 Å². The number of hydrogen-bond donors (Lipinski definition) is 2. The SMILES string of the molecule is Cc1ccc(S(=O)(=O)N(C)C)cc1NC(=O)CSc1nnc(-c2ccc(F)cc2)n1N. The van der Waals surface area contributed by atoms with Crippen LogP contribution in [-0.4, -0.2) is 53.4 Å². The van der Waals surface area contributed by atoms with E-state index >= 15 is 0 Å². The van der Waals surface area contributed by atoms with Gasteiger partial charge < -0.3 is 11.2 Å². The monoisotopic (exact) mass is 464 g/mol. The molecule has 164 valence electrons. The fourth-order valence-corrected chi connectivity index (χ4v) is 4.18. The third kappa shape index (κ3) is 5.03. The molecule has 9 nitrogen and oxygen atoms in total. The highest BCUT2D eigenvalue weighted by Crippen LogP contribution is 2.24. The molecule has 0 fully saturated rings. The number of rotatable bonds is 7. The lowest BCUT2D eigenvalue weighted by molar-refractivity contribution is -0.113. The molecule has 12 heteroatoms. The number of aromatic nitrogens is 3. The Hall–Kier alpha value is -2.96. The summed E-state index contributed by atoms with van der Waals surface area (Å²) in [5.74, 6) is 5.57. The molecule has 0 saturated carbocycles. The standard InChI is InChI=1S/C19H21FN6O3S2/c1-12-4-9-15(31(28,29)25(2)3)10-16(12)22-17(27)11-30-19-24-23-18(26(19)21)13-5-7-14(20)8-6-13/h4-10H,11,21H2,1-3H3,(H,22,27). The van der Waals surface area contributed by atoms with E-state index in [1.54, 1.807) is 13.0 Å². The molecule has 31 heavy (non-hydrogen) atoms. The topological polar surface area (TPSA) is 123 Å². The molecule has 3 N–H and O–H groups in total. The lowest BCUT2D eigenvalue weighted by Crippen LogP contribution is -2.23. The van der Waals surface area contributed by atoms with Crippen molar-refractivity contribution >= 4 is 33.4 Å². The van der Waals surface area contributed by atoms with Crippen LogP contribution in [0.1, 0.15) is 5.56 Å². The molecule has 1 heterocycles. The van der Waals surface area contributed by atoms with Crippen LogP contribution in [0.25, 0.3) is 11.4 Å². The van der Waals surface area contributed by atoms with Crippen molar-refractivity contribution in [1.82, 2.24) is 19.2 Å². The van der Waals surface area contributed by atoms with E-state index in [1.807, 2.05) is 0 Å². The molecular weight excluding hydrogens is 443 g/mol. The number of halogens is 1. The van der Waals surface area contributed by atoms with Crippen LogP contribution in [-0.2, 0) is 14.8 Å². The Labute approximate surface area is 183 Å². The minimum atomic E-state index is -3.62. The van der Waals surface area contributed by atoms with Gasteiger partial charge in [0.15, 0.2) is 5.82 Å². The molecule has 0 radical (unpaired) electrons. The van der Waals surface area contributed by atoms with Crippen LogP contribution in [0.5, 0.6) is 0 Å². The third-order valence-corrected chi connectivity index (χ3v) is 7.12. The Bertz CT molecular complexity index is 1210. The molecule has 0 aliphatic rings. The number of carbonyl (C=O) groups excluding carboxylic acids is 1. The molecule has 3 aromatic rings. The van der Waals surface area contributed by atoms with Crippen molar-refractivity contribution in [1.29, 1.82) is 0 Å². The first-order chi connectivity index (χ1) is 14.6. The van der Waals surface area contributed by atoms with Crippen molar-refractivity contribution in [2.75, 3.05) is 31.0 Å². The number of sulfonamides is 1. The van der Waals surface area contributed by atoms with Crippen LogP contribution in [0.4, 0.5) is 10.1 Å². The molecule has 0 unspecified atom stereocenters. The Morgan fingerprint density at radius 1 is 1.19 bits per heavy atom. The summed E-state index contributed by atoms with van der Waals surface area (Å²) in [6, 6.07) is 10.2. The molecule has 1 aromatic heterocycles. The minimum absolute atomic E-state index is 0.0250. The fraction of sp³-hybridized carbons (Fsp3) is 0.211. The zero-order valence-corrected chi connectivity index (χ0v) is 18.7. The van der Waals surface area contributed by atoms with E-state index in [-0.39, 0.29) is 22.4 Å². The number of nitrogen functional groups attached to an aromatic ring is 1. The molecule has 3 rings (SSSR count). The number of nitrogens with one attached hydrogen (secondary N) is 1. The number of amides is 1. The molecule has 2 aromatic carbocycles. The molecule has 0 aliphatic heterocycles. The number of thioether (sulfide) groups is 1. The molecule has 0 aliphatic carbocycles. The maximum atomic E-state index is 13.1. The smallest absolute Gasteiger partial charge is 0.242 e. The second kappa shape index (κ2) is 9.04. The largest absolute Gasteiger partial charge is 0.335 e. The van der Waals surface area contributed by atoms with E-state index in [4.69, 9.17) is 5.84 Å². The zero-order chi connectivity index (χ0) is 22.8. The lowest BCUT2D eigenvalue weighted by atomic mass is 10.2. The minimum Gasteiger partial charge on any atom is -0.335 e. The molecular formula is C19H21FN6O3S2. The summed E-state index contributed by atoms with van der Waals surface area (Å²) in [6.07, 6.45) is 0. The second-order valence-electron chi connectivity index (χ2n) is 6.78. The Balaban J connectivity index is 1.69. The zero-order valence-electron chi connectivity index (χ0n) is 17.0. The van der Waals surface area contributed by atoms with Crippen molar-refractivity contribution in [2.45, 2.75) is 17.0 Å². The Morgan fingerprint density at radius 3 is 2.52 bits per heavy atom.